The molecule has 0 saturated heterocycles. The molecule has 25 heavy (non-hydrogen) atoms. The van der Waals surface area contributed by atoms with Crippen LogP contribution in [0.1, 0.15) is 47.8 Å². The third-order valence-corrected chi connectivity index (χ3v) is 4.78. The lowest BCUT2D eigenvalue weighted by Gasteiger charge is -2.26. The van der Waals surface area contributed by atoms with Crippen molar-refractivity contribution in [1.29, 1.82) is 0 Å². The van der Waals surface area contributed by atoms with Crippen molar-refractivity contribution in [2.45, 2.75) is 52.1 Å². The van der Waals surface area contributed by atoms with Crippen molar-refractivity contribution in [3.8, 4) is 0 Å². The van der Waals surface area contributed by atoms with Gasteiger partial charge in [-0.15, -0.1) is 0 Å². The second-order valence-corrected chi connectivity index (χ2v) is 6.46. The molecule has 7 nitrogen and oxygen atoms in total. The molecule has 1 amide bonds. The average Bonchev–Trinajstić information content (AvgIpc) is 2.87. The molecule has 0 aliphatic heterocycles. The van der Waals surface area contributed by atoms with E-state index in [2.05, 4.69) is 22.5 Å². The van der Waals surface area contributed by atoms with Crippen LogP contribution in [0.3, 0.4) is 0 Å². The Morgan fingerprint density at radius 2 is 2.16 bits per heavy atom. The molecule has 1 aromatic carbocycles. The number of nitro groups is 1. The smallest absolute Gasteiger partial charge is 0.312 e. The predicted molar refractivity (Wildman–Crippen MR) is 93.2 cm³/mol. The number of benzene rings is 1. The number of carbonyl (C=O) groups excluding carboxylic acids is 1. The molecule has 0 saturated carbocycles. The summed E-state index contributed by atoms with van der Waals surface area (Å²) >= 11 is 0. The first-order valence-corrected chi connectivity index (χ1v) is 8.53. The van der Waals surface area contributed by atoms with Gasteiger partial charge in [-0.3, -0.25) is 19.6 Å². The zero-order chi connectivity index (χ0) is 18.0. The molecular formula is C18H22N4O3. The summed E-state index contributed by atoms with van der Waals surface area (Å²) < 4.78 is 1.54. The molecule has 1 atom stereocenters. The number of nitrogens with zero attached hydrogens (tertiary/aromatic N) is 3. The monoisotopic (exact) mass is 342 g/mol. The van der Waals surface area contributed by atoms with Crippen LogP contribution >= 0.6 is 0 Å². The summed E-state index contributed by atoms with van der Waals surface area (Å²) in [7, 11) is 0. The number of aromatic nitrogens is 2. The maximum absolute atomic E-state index is 12.3. The fourth-order valence-electron chi connectivity index (χ4n) is 3.55. The summed E-state index contributed by atoms with van der Waals surface area (Å²) in [6.45, 7) is 3.61. The number of aryl methyl sites for hydroxylation is 3. The molecule has 132 valence electrons. The minimum Gasteiger partial charge on any atom is -0.349 e. The van der Waals surface area contributed by atoms with Crippen LogP contribution in [-0.4, -0.2) is 20.6 Å². The molecular weight excluding hydrogens is 320 g/mol. The number of hydrogen-bond donors (Lipinski definition) is 1. The van der Waals surface area contributed by atoms with Crippen LogP contribution < -0.4 is 5.32 Å². The topological polar surface area (TPSA) is 90.1 Å². The Morgan fingerprint density at radius 1 is 1.40 bits per heavy atom. The minimum atomic E-state index is -0.423. The van der Waals surface area contributed by atoms with Crippen molar-refractivity contribution >= 4 is 11.6 Å². The third kappa shape index (κ3) is 3.55. The zero-order valence-electron chi connectivity index (χ0n) is 14.5. The Labute approximate surface area is 146 Å². The number of rotatable bonds is 5. The maximum Gasteiger partial charge on any atom is 0.312 e. The van der Waals surface area contributed by atoms with E-state index >= 15 is 0 Å². The van der Waals surface area contributed by atoms with E-state index in [1.54, 1.807) is 18.5 Å². The van der Waals surface area contributed by atoms with Crippen LogP contribution in [0, 0.1) is 24.0 Å². The zero-order valence-corrected chi connectivity index (χ0v) is 14.5. The summed E-state index contributed by atoms with van der Waals surface area (Å²) in [4.78, 5) is 23.0. The van der Waals surface area contributed by atoms with Crippen LogP contribution in [0.25, 0.3) is 0 Å². The summed E-state index contributed by atoms with van der Waals surface area (Å²) in [5.41, 5.74) is 3.39. The minimum absolute atomic E-state index is 0.0293. The molecule has 1 aliphatic carbocycles. The second kappa shape index (κ2) is 7.04. The van der Waals surface area contributed by atoms with Gasteiger partial charge < -0.3 is 5.32 Å². The van der Waals surface area contributed by atoms with Crippen LogP contribution in [0.5, 0.6) is 0 Å². The van der Waals surface area contributed by atoms with E-state index in [0.717, 1.165) is 19.3 Å². The molecule has 1 unspecified atom stereocenters. The van der Waals surface area contributed by atoms with Crippen LogP contribution in [0.4, 0.5) is 5.69 Å². The lowest BCUT2D eigenvalue weighted by atomic mass is 9.88. The van der Waals surface area contributed by atoms with E-state index in [4.69, 9.17) is 0 Å². The highest BCUT2D eigenvalue weighted by atomic mass is 16.6. The number of nitrogens with one attached hydrogen (secondary N) is 1. The van der Waals surface area contributed by atoms with Crippen molar-refractivity contribution in [3.05, 3.63) is 56.9 Å². The van der Waals surface area contributed by atoms with E-state index in [9.17, 15) is 14.9 Å². The molecule has 3 rings (SSSR count). The van der Waals surface area contributed by atoms with Crippen LogP contribution in [-0.2, 0) is 17.8 Å². The van der Waals surface area contributed by atoms with Gasteiger partial charge in [0.25, 0.3) is 0 Å². The highest BCUT2D eigenvalue weighted by molar-refractivity contribution is 5.76. The predicted octanol–water partition coefficient (Wildman–Crippen LogP) is 2.99. The molecule has 0 radical (unpaired) electrons. The molecule has 0 fully saturated rings. The van der Waals surface area contributed by atoms with E-state index in [-0.39, 0.29) is 24.1 Å². The Balaban J connectivity index is 1.63. The van der Waals surface area contributed by atoms with Crippen molar-refractivity contribution in [2.75, 3.05) is 0 Å². The summed E-state index contributed by atoms with van der Waals surface area (Å²) in [5.74, 6) is -0.0584. The van der Waals surface area contributed by atoms with Gasteiger partial charge in [0, 0.05) is 6.42 Å². The van der Waals surface area contributed by atoms with Crippen LogP contribution in [0.2, 0.25) is 0 Å². The van der Waals surface area contributed by atoms with E-state index in [1.165, 1.54) is 11.1 Å². The Hall–Kier alpha value is -2.70. The first kappa shape index (κ1) is 17.1. The molecule has 0 spiro atoms. The number of carbonyl (C=O) groups is 1. The van der Waals surface area contributed by atoms with Crippen molar-refractivity contribution < 1.29 is 9.72 Å². The lowest BCUT2D eigenvalue weighted by Crippen LogP contribution is -2.31. The lowest BCUT2D eigenvalue weighted by molar-refractivity contribution is -0.386. The fraction of sp³-hybridized carbons (Fsp3) is 0.444. The highest BCUT2D eigenvalue weighted by Gasteiger charge is 2.23. The largest absolute Gasteiger partial charge is 0.349 e. The summed E-state index contributed by atoms with van der Waals surface area (Å²) in [6.07, 6.45) is 3.30. The van der Waals surface area contributed by atoms with E-state index < -0.39 is 4.92 Å². The van der Waals surface area contributed by atoms with Gasteiger partial charge >= 0.3 is 5.69 Å². The molecule has 1 N–H and O–H groups in total. The first-order chi connectivity index (χ1) is 12.0. The number of hydrogen-bond acceptors (Lipinski definition) is 4. The molecule has 1 aliphatic rings. The van der Waals surface area contributed by atoms with Gasteiger partial charge in [-0.1, -0.05) is 24.3 Å². The number of amides is 1. The molecule has 0 bridgehead atoms. The quantitative estimate of drug-likeness (QED) is 0.668. The molecule has 7 heteroatoms. The standard InChI is InChI=1S/C18H22N4O3/c1-12-18(22(24)25)13(2)21(20-12)11-10-17(23)19-16-9-5-7-14-6-3-4-8-15(14)16/h3-4,6,8,16H,5,7,9-11H2,1-2H3,(H,19,23). The van der Waals surface area contributed by atoms with Crippen LogP contribution in [0.15, 0.2) is 24.3 Å². The van der Waals surface area contributed by atoms with Gasteiger partial charge in [0.2, 0.25) is 5.91 Å². The SMILES string of the molecule is Cc1nn(CCC(=O)NC2CCCc3ccccc32)c(C)c1[N+](=O)[O-]. The normalized spacial score (nSPS) is 16.3. The van der Waals surface area contributed by atoms with Gasteiger partial charge in [-0.25, -0.2) is 0 Å². The molecule has 1 aromatic heterocycles. The van der Waals surface area contributed by atoms with Crippen molar-refractivity contribution in [2.24, 2.45) is 0 Å². The van der Waals surface area contributed by atoms with Gasteiger partial charge in [0.1, 0.15) is 11.4 Å². The average molecular weight is 342 g/mol. The van der Waals surface area contributed by atoms with Gasteiger partial charge in [0.05, 0.1) is 17.5 Å². The van der Waals surface area contributed by atoms with Gasteiger partial charge in [-0.2, -0.15) is 5.10 Å². The number of fused-ring (bicyclic) bond motifs is 1. The van der Waals surface area contributed by atoms with Crippen molar-refractivity contribution in [1.82, 2.24) is 15.1 Å². The molecule has 2 aromatic rings. The Kier molecular flexibility index (Phi) is 4.83. The van der Waals surface area contributed by atoms with E-state index in [1.807, 2.05) is 12.1 Å². The highest BCUT2D eigenvalue weighted by Crippen LogP contribution is 2.29. The van der Waals surface area contributed by atoms with Gasteiger partial charge in [0.15, 0.2) is 0 Å². The first-order valence-electron chi connectivity index (χ1n) is 8.53. The molecule has 1 heterocycles. The van der Waals surface area contributed by atoms with E-state index in [0.29, 0.717) is 17.9 Å². The summed E-state index contributed by atoms with van der Waals surface area (Å²) in [5, 5.41) is 18.3. The Bertz CT molecular complexity index is 813. The summed E-state index contributed by atoms with van der Waals surface area (Å²) in [6, 6.07) is 8.26. The fourth-order valence-corrected chi connectivity index (χ4v) is 3.55. The maximum atomic E-state index is 12.3. The second-order valence-electron chi connectivity index (χ2n) is 6.46. The van der Waals surface area contributed by atoms with Gasteiger partial charge in [-0.05, 0) is 44.2 Å². The third-order valence-electron chi connectivity index (χ3n) is 4.78. The Morgan fingerprint density at radius 3 is 2.88 bits per heavy atom. The van der Waals surface area contributed by atoms with Crippen molar-refractivity contribution in [3.63, 3.8) is 0 Å².